The zero-order valence-corrected chi connectivity index (χ0v) is 20.5. The highest BCUT2D eigenvalue weighted by atomic mass is 16.4. The molecule has 4 atom stereocenters. The van der Waals surface area contributed by atoms with Crippen molar-refractivity contribution in [1.82, 2.24) is 16.0 Å². The Kier molecular flexibility index (Phi) is 12.0. The highest BCUT2D eigenvalue weighted by molar-refractivity contribution is 5.95. The van der Waals surface area contributed by atoms with Crippen LogP contribution in [-0.2, 0) is 35.2 Å². The summed E-state index contributed by atoms with van der Waals surface area (Å²) in [7, 11) is 0. The molecule has 1 rings (SSSR count). The van der Waals surface area contributed by atoms with Crippen molar-refractivity contribution in [3.8, 4) is 5.75 Å². The van der Waals surface area contributed by atoms with Gasteiger partial charge < -0.3 is 42.7 Å². The van der Waals surface area contributed by atoms with Crippen molar-refractivity contribution in [3.05, 3.63) is 29.8 Å². The molecule has 204 valence electrons. The maximum atomic E-state index is 13.2. The number of phenols is 1. The van der Waals surface area contributed by atoms with E-state index < -0.39 is 72.6 Å². The first kappa shape index (κ1) is 30.8. The van der Waals surface area contributed by atoms with Crippen molar-refractivity contribution in [2.75, 3.05) is 0 Å². The van der Waals surface area contributed by atoms with Gasteiger partial charge in [0.25, 0.3) is 0 Å². The molecule has 0 radical (unpaired) electrons. The first-order valence-corrected chi connectivity index (χ1v) is 11.4. The van der Waals surface area contributed by atoms with E-state index in [2.05, 4.69) is 16.0 Å². The van der Waals surface area contributed by atoms with Crippen LogP contribution in [0.15, 0.2) is 24.3 Å². The van der Waals surface area contributed by atoms with Crippen molar-refractivity contribution in [3.63, 3.8) is 0 Å². The zero-order chi connectivity index (χ0) is 28.3. The topological polar surface area (TPSA) is 251 Å². The monoisotopic (exact) mass is 523 g/mol. The summed E-state index contributed by atoms with van der Waals surface area (Å²) in [6.07, 6.45) is -1.37. The molecule has 10 N–H and O–H groups in total. The van der Waals surface area contributed by atoms with Crippen molar-refractivity contribution in [1.29, 1.82) is 0 Å². The number of nitrogens with two attached hydrogens (primary N) is 2. The lowest BCUT2D eigenvalue weighted by Gasteiger charge is -2.26. The predicted molar refractivity (Wildman–Crippen MR) is 129 cm³/mol. The quantitative estimate of drug-likeness (QED) is 0.128. The summed E-state index contributed by atoms with van der Waals surface area (Å²) in [5.41, 5.74) is 11.2. The summed E-state index contributed by atoms with van der Waals surface area (Å²) in [5, 5.41) is 34.7. The molecule has 14 heteroatoms. The van der Waals surface area contributed by atoms with Crippen molar-refractivity contribution in [2.45, 2.75) is 63.7 Å². The van der Waals surface area contributed by atoms with Crippen LogP contribution < -0.4 is 27.4 Å². The van der Waals surface area contributed by atoms with E-state index in [4.69, 9.17) is 16.6 Å². The maximum Gasteiger partial charge on any atom is 0.326 e. The van der Waals surface area contributed by atoms with Crippen LogP contribution in [0.2, 0.25) is 0 Å². The lowest BCUT2D eigenvalue weighted by atomic mass is 10.00. The van der Waals surface area contributed by atoms with Gasteiger partial charge in [-0.05, 0) is 30.0 Å². The van der Waals surface area contributed by atoms with E-state index in [1.165, 1.54) is 24.3 Å². The second kappa shape index (κ2) is 14.4. The number of hydrogen-bond donors (Lipinski definition) is 8. The number of carboxylic acid groups (broad SMARTS) is 2. The third kappa shape index (κ3) is 11.4. The fraction of sp³-hybridized carbons (Fsp3) is 0.478. The standard InChI is InChI=1S/C23H33N5O9/c1-11(2)7-15(21(34)28-17(23(36)37)10-18(25)30)27-22(35)16(8-12-3-5-13(29)6-4-12)26-20(33)14(24)9-19(31)32/h3-6,11,14-17,29H,7-10,24H2,1-2H3,(H2,25,30)(H,26,33)(H,27,35)(H,28,34)(H,31,32)(H,36,37). The molecular weight excluding hydrogens is 490 g/mol. The molecule has 0 fully saturated rings. The second-order valence-corrected chi connectivity index (χ2v) is 8.90. The van der Waals surface area contributed by atoms with Crippen LogP contribution >= 0.6 is 0 Å². The summed E-state index contributed by atoms with van der Waals surface area (Å²) >= 11 is 0. The summed E-state index contributed by atoms with van der Waals surface area (Å²) in [6, 6.07) is 0.112. The van der Waals surface area contributed by atoms with Gasteiger partial charge in [-0.25, -0.2) is 4.79 Å². The van der Waals surface area contributed by atoms with E-state index in [0.29, 0.717) is 5.56 Å². The van der Waals surface area contributed by atoms with Crippen LogP contribution in [0.25, 0.3) is 0 Å². The number of rotatable bonds is 15. The summed E-state index contributed by atoms with van der Waals surface area (Å²) in [5.74, 6) is -6.56. The maximum absolute atomic E-state index is 13.2. The molecular formula is C23H33N5O9. The van der Waals surface area contributed by atoms with E-state index in [1.54, 1.807) is 13.8 Å². The minimum Gasteiger partial charge on any atom is -0.508 e. The van der Waals surface area contributed by atoms with Gasteiger partial charge in [0.05, 0.1) is 18.9 Å². The molecule has 0 aliphatic rings. The van der Waals surface area contributed by atoms with Gasteiger partial charge in [0.15, 0.2) is 0 Å². The molecule has 4 amide bonds. The van der Waals surface area contributed by atoms with E-state index in [9.17, 15) is 39.0 Å². The Labute approximate surface area is 212 Å². The molecule has 0 heterocycles. The van der Waals surface area contributed by atoms with Crippen LogP contribution in [0.4, 0.5) is 0 Å². The number of carboxylic acids is 2. The zero-order valence-electron chi connectivity index (χ0n) is 20.5. The molecule has 0 saturated heterocycles. The molecule has 0 aliphatic heterocycles. The Hall–Kier alpha value is -4.20. The minimum absolute atomic E-state index is 0.0325. The van der Waals surface area contributed by atoms with Crippen LogP contribution in [0.1, 0.15) is 38.7 Å². The molecule has 1 aromatic carbocycles. The number of carbonyl (C=O) groups excluding carboxylic acids is 4. The van der Waals surface area contributed by atoms with Gasteiger partial charge in [0.1, 0.15) is 23.9 Å². The molecule has 0 aliphatic carbocycles. The van der Waals surface area contributed by atoms with Crippen LogP contribution in [-0.4, -0.2) is 75.1 Å². The molecule has 14 nitrogen and oxygen atoms in total. The second-order valence-electron chi connectivity index (χ2n) is 8.90. The predicted octanol–water partition coefficient (Wildman–Crippen LogP) is -1.80. The Balaban J connectivity index is 3.15. The lowest BCUT2D eigenvalue weighted by molar-refractivity contribution is -0.143. The fourth-order valence-electron chi connectivity index (χ4n) is 3.29. The highest BCUT2D eigenvalue weighted by Crippen LogP contribution is 2.13. The number of carbonyl (C=O) groups is 6. The average molecular weight is 524 g/mol. The number of amides is 4. The number of primary amides is 1. The van der Waals surface area contributed by atoms with Crippen LogP contribution in [0, 0.1) is 5.92 Å². The number of benzene rings is 1. The Bertz CT molecular complexity index is 997. The number of phenolic OH excluding ortho intramolecular Hbond substituents is 1. The first-order valence-electron chi connectivity index (χ1n) is 11.4. The normalized spacial score (nSPS) is 14.1. The van der Waals surface area contributed by atoms with Gasteiger partial charge in [0.2, 0.25) is 23.6 Å². The summed E-state index contributed by atoms with van der Waals surface area (Å²) < 4.78 is 0. The smallest absolute Gasteiger partial charge is 0.326 e. The number of aliphatic carboxylic acids is 2. The SMILES string of the molecule is CC(C)CC(NC(=O)C(Cc1ccc(O)cc1)NC(=O)C(N)CC(=O)O)C(=O)NC(CC(N)=O)C(=O)O. The molecule has 0 saturated carbocycles. The van der Waals surface area contributed by atoms with E-state index in [1.807, 2.05) is 0 Å². The molecule has 1 aromatic rings. The Morgan fingerprint density at radius 1 is 0.811 bits per heavy atom. The third-order valence-electron chi connectivity index (χ3n) is 5.10. The molecule has 37 heavy (non-hydrogen) atoms. The van der Waals surface area contributed by atoms with Gasteiger partial charge in [-0.1, -0.05) is 26.0 Å². The van der Waals surface area contributed by atoms with Gasteiger partial charge in [-0.2, -0.15) is 0 Å². The Morgan fingerprint density at radius 3 is 1.81 bits per heavy atom. The van der Waals surface area contributed by atoms with Gasteiger partial charge in [-0.3, -0.25) is 24.0 Å². The van der Waals surface area contributed by atoms with Gasteiger partial charge >= 0.3 is 11.9 Å². The average Bonchev–Trinajstić information content (AvgIpc) is 2.77. The van der Waals surface area contributed by atoms with Crippen molar-refractivity contribution < 1.29 is 44.1 Å². The highest BCUT2D eigenvalue weighted by Gasteiger charge is 2.31. The first-order chi connectivity index (χ1) is 17.2. The van der Waals surface area contributed by atoms with E-state index >= 15 is 0 Å². The summed E-state index contributed by atoms with van der Waals surface area (Å²) in [6.45, 7) is 3.51. The van der Waals surface area contributed by atoms with Gasteiger partial charge in [0, 0.05) is 6.42 Å². The number of aromatic hydroxyl groups is 1. The van der Waals surface area contributed by atoms with Crippen molar-refractivity contribution in [2.24, 2.45) is 17.4 Å². The molecule has 0 aromatic heterocycles. The van der Waals surface area contributed by atoms with E-state index in [-0.39, 0.29) is 24.5 Å². The van der Waals surface area contributed by atoms with Crippen LogP contribution in [0.3, 0.4) is 0 Å². The van der Waals surface area contributed by atoms with Crippen molar-refractivity contribution >= 4 is 35.6 Å². The van der Waals surface area contributed by atoms with Gasteiger partial charge in [-0.15, -0.1) is 0 Å². The molecule has 4 unspecified atom stereocenters. The molecule has 0 spiro atoms. The van der Waals surface area contributed by atoms with E-state index in [0.717, 1.165) is 0 Å². The Morgan fingerprint density at radius 2 is 1.32 bits per heavy atom. The minimum atomic E-state index is -1.61. The summed E-state index contributed by atoms with van der Waals surface area (Å²) in [4.78, 5) is 72.0. The number of nitrogens with one attached hydrogen (secondary N) is 3. The van der Waals surface area contributed by atoms with Crippen LogP contribution in [0.5, 0.6) is 5.75 Å². The largest absolute Gasteiger partial charge is 0.508 e. The fourth-order valence-corrected chi connectivity index (χ4v) is 3.29. The third-order valence-corrected chi connectivity index (χ3v) is 5.10. The number of hydrogen-bond acceptors (Lipinski definition) is 8. The molecule has 0 bridgehead atoms. The lowest BCUT2D eigenvalue weighted by Crippen LogP contribution is -2.58.